The molecule has 0 unspecified atom stereocenters. The minimum atomic E-state index is -0.416. The normalized spacial score (nSPS) is 21.7. The third-order valence-electron chi connectivity index (χ3n) is 4.50. The number of rotatable bonds is 4. The zero-order chi connectivity index (χ0) is 16.1. The molecule has 122 valence electrons. The molecule has 3 rings (SSSR count). The highest BCUT2D eigenvalue weighted by Gasteiger charge is 2.30. The fraction of sp³-hybridized carbons (Fsp3) is 0.500. The van der Waals surface area contributed by atoms with Crippen LogP contribution in [0.15, 0.2) is 36.2 Å². The van der Waals surface area contributed by atoms with Crippen molar-refractivity contribution in [2.75, 3.05) is 11.4 Å². The summed E-state index contributed by atoms with van der Waals surface area (Å²) in [6, 6.07) is 3.28. The summed E-state index contributed by atoms with van der Waals surface area (Å²) in [4.78, 5) is 30.6. The Kier molecular flexibility index (Phi) is 5.05. The molecule has 1 aliphatic heterocycles. The van der Waals surface area contributed by atoms with E-state index < -0.39 is 6.04 Å². The molecule has 23 heavy (non-hydrogen) atoms. The van der Waals surface area contributed by atoms with Gasteiger partial charge in [0.15, 0.2) is 0 Å². The Morgan fingerprint density at radius 3 is 3.00 bits per heavy atom. The van der Waals surface area contributed by atoms with Crippen LogP contribution in [-0.4, -0.2) is 29.4 Å². The number of hydrogen-bond acceptors (Lipinski definition) is 3. The number of pyridine rings is 1. The maximum atomic E-state index is 12.6. The Labute approximate surface area is 136 Å². The molecule has 0 saturated carbocycles. The molecule has 1 aromatic rings. The van der Waals surface area contributed by atoms with Crippen molar-refractivity contribution in [1.82, 2.24) is 10.3 Å². The van der Waals surface area contributed by atoms with E-state index in [1.54, 1.807) is 17.3 Å². The van der Waals surface area contributed by atoms with Gasteiger partial charge in [0.2, 0.25) is 11.8 Å². The predicted octanol–water partition coefficient (Wildman–Crippen LogP) is 2.58. The second kappa shape index (κ2) is 7.40. The molecule has 1 atom stereocenters. The van der Waals surface area contributed by atoms with Crippen molar-refractivity contribution in [3.05, 3.63) is 36.2 Å². The number of carbonyl (C=O) groups is 2. The van der Waals surface area contributed by atoms with Crippen molar-refractivity contribution in [3.8, 4) is 0 Å². The molecule has 1 fully saturated rings. The molecule has 1 saturated heterocycles. The third-order valence-corrected chi connectivity index (χ3v) is 4.50. The summed E-state index contributed by atoms with van der Waals surface area (Å²) in [6.45, 7) is 0.683. The number of piperidine rings is 1. The Morgan fingerprint density at radius 2 is 2.26 bits per heavy atom. The van der Waals surface area contributed by atoms with E-state index in [4.69, 9.17) is 0 Å². The van der Waals surface area contributed by atoms with Crippen LogP contribution in [0.25, 0.3) is 0 Å². The van der Waals surface area contributed by atoms with Crippen LogP contribution in [0.2, 0.25) is 0 Å². The van der Waals surface area contributed by atoms with E-state index in [0.29, 0.717) is 19.4 Å². The summed E-state index contributed by atoms with van der Waals surface area (Å²) in [5.74, 6) is -0.0697. The molecular formula is C18H23N3O2. The van der Waals surface area contributed by atoms with Crippen LogP contribution in [0.1, 0.15) is 44.9 Å². The smallest absolute Gasteiger partial charge is 0.249 e. The van der Waals surface area contributed by atoms with Crippen LogP contribution >= 0.6 is 0 Å². The highest BCUT2D eigenvalue weighted by atomic mass is 16.2. The fourth-order valence-electron chi connectivity index (χ4n) is 3.30. The first-order valence-electron chi connectivity index (χ1n) is 8.43. The van der Waals surface area contributed by atoms with E-state index >= 15 is 0 Å². The van der Waals surface area contributed by atoms with Crippen LogP contribution in [0.4, 0.5) is 5.69 Å². The summed E-state index contributed by atoms with van der Waals surface area (Å²) < 4.78 is 0. The summed E-state index contributed by atoms with van der Waals surface area (Å²) in [6.07, 6.45) is 12.0. The quantitative estimate of drug-likeness (QED) is 0.869. The topological polar surface area (TPSA) is 62.3 Å². The van der Waals surface area contributed by atoms with Gasteiger partial charge in [0.05, 0.1) is 11.9 Å². The van der Waals surface area contributed by atoms with Crippen molar-refractivity contribution in [2.45, 2.75) is 51.0 Å². The molecule has 5 heteroatoms. The van der Waals surface area contributed by atoms with E-state index in [9.17, 15) is 9.59 Å². The van der Waals surface area contributed by atoms with Gasteiger partial charge in [-0.3, -0.25) is 14.6 Å². The molecule has 1 aromatic heterocycles. The molecule has 5 nitrogen and oxygen atoms in total. The van der Waals surface area contributed by atoms with Gasteiger partial charge >= 0.3 is 0 Å². The molecule has 0 radical (unpaired) electrons. The van der Waals surface area contributed by atoms with Gasteiger partial charge in [0.25, 0.3) is 0 Å². The monoisotopic (exact) mass is 313 g/mol. The van der Waals surface area contributed by atoms with E-state index in [-0.39, 0.29) is 11.8 Å². The molecule has 1 aliphatic carbocycles. The first kappa shape index (κ1) is 15.7. The van der Waals surface area contributed by atoms with Gasteiger partial charge in [0.1, 0.15) is 6.04 Å². The van der Waals surface area contributed by atoms with Crippen molar-refractivity contribution < 1.29 is 9.59 Å². The van der Waals surface area contributed by atoms with Crippen LogP contribution in [-0.2, 0) is 9.59 Å². The lowest BCUT2D eigenvalue weighted by molar-refractivity contribution is -0.128. The van der Waals surface area contributed by atoms with Crippen LogP contribution < -0.4 is 10.2 Å². The second-order valence-electron chi connectivity index (χ2n) is 6.25. The Bertz CT molecular complexity index is 598. The molecule has 0 bridgehead atoms. The average molecular weight is 313 g/mol. The molecule has 2 amide bonds. The fourth-order valence-corrected chi connectivity index (χ4v) is 3.30. The van der Waals surface area contributed by atoms with Gasteiger partial charge in [-0.15, -0.1) is 0 Å². The molecule has 1 N–H and O–H groups in total. The number of hydrogen-bond donors (Lipinski definition) is 1. The lowest BCUT2D eigenvalue weighted by atomic mass is 9.96. The number of allylic oxidation sites excluding steroid dienone is 1. The lowest BCUT2D eigenvalue weighted by Crippen LogP contribution is -2.52. The van der Waals surface area contributed by atoms with E-state index in [1.807, 2.05) is 12.1 Å². The van der Waals surface area contributed by atoms with Gasteiger partial charge in [-0.1, -0.05) is 11.6 Å². The zero-order valence-corrected chi connectivity index (χ0v) is 13.3. The third kappa shape index (κ3) is 3.97. The largest absolute Gasteiger partial charge is 0.344 e. The molecule has 0 aromatic carbocycles. The summed E-state index contributed by atoms with van der Waals surface area (Å²) in [5.41, 5.74) is 2.01. The average Bonchev–Trinajstić information content (AvgIpc) is 2.58. The molecule has 0 spiro atoms. The SMILES string of the molecule is O=C(CC1=CCCCC1)N[C@H]1CCCN(c2cccnc2)C1=O. The second-order valence-corrected chi connectivity index (χ2v) is 6.25. The number of anilines is 1. The van der Waals surface area contributed by atoms with Gasteiger partial charge in [-0.25, -0.2) is 0 Å². The number of aromatic nitrogens is 1. The van der Waals surface area contributed by atoms with E-state index in [1.165, 1.54) is 12.0 Å². The first-order chi connectivity index (χ1) is 11.2. The standard InChI is InChI=1S/C18H23N3O2/c22-17(12-14-6-2-1-3-7-14)20-16-9-5-11-21(18(16)23)15-8-4-10-19-13-15/h4,6,8,10,13,16H,1-3,5,7,9,11-12H2,(H,20,22)/t16-/m0/s1. The molecule has 2 heterocycles. The maximum absolute atomic E-state index is 12.6. The maximum Gasteiger partial charge on any atom is 0.249 e. The number of nitrogens with one attached hydrogen (secondary N) is 1. The minimum absolute atomic E-state index is 0.0322. The van der Waals surface area contributed by atoms with Gasteiger partial charge in [-0.05, 0) is 50.7 Å². The zero-order valence-electron chi connectivity index (χ0n) is 13.3. The van der Waals surface area contributed by atoms with Gasteiger partial charge in [0, 0.05) is 19.2 Å². The molecular weight excluding hydrogens is 290 g/mol. The Morgan fingerprint density at radius 1 is 1.35 bits per heavy atom. The van der Waals surface area contributed by atoms with Crippen LogP contribution in [0.5, 0.6) is 0 Å². The van der Waals surface area contributed by atoms with Crippen LogP contribution in [0, 0.1) is 0 Å². The number of carbonyl (C=O) groups excluding carboxylic acids is 2. The van der Waals surface area contributed by atoms with Crippen LogP contribution in [0.3, 0.4) is 0 Å². The van der Waals surface area contributed by atoms with E-state index in [0.717, 1.165) is 31.4 Å². The lowest BCUT2D eigenvalue weighted by Gasteiger charge is -2.32. The Balaban J connectivity index is 1.60. The van der Waals surface area contributed by atoms with Gasteiger partial charge in [-0.2, -0.15) is 0 Å². The van der Waals surface area contributed by atoms with Crippen molar-refractivity contribution in [2.24, 2.45) is 0 Å². The van der Waals surface area contributed by atoms with Gasteiger partial charge < -0.3 is 10.2 Å². The predicted molar refractivity (Wildman–Crippen MR) is 88.9 cm³/mol. The summed E-state index contributed by atoms with van der Waals surface area (Å²) in [7, 11) is 0. The van der Waals surface area contributed by atoms with E-state index in [2.05, 4.69) is 16.4 Å². The van der Waals surface area contributed by atoms with Crippen molar-refractivity contribution in [1.29, 1.82) is 0 Å². The van der Waals surface area contributed by atoms with Crippen molar-refractivity contribution >= 4 is 17.5 Å². The minimum Gasteiger partial charge on any atom is -0.344 e. The number of amides is 2. The van der Waals surface area contributed by atoms with Crippen molar-refractivity contribution in [3.63, 3.8) is 0 Å². The number of nitrogens with zero attached hydrogens (tertiary/aromatic N) is 2. The Hall–Kier alpha value is -2.17. The molecule has 2 aliphatic rings. The summed E-state index contributed by atoms with van der Waals surface area (Å²) >= 11 is 0. The first-order valence-corrected chi connectivity index (χ1v) is 8.43. The highest BCUT2D eigenvalue weighted by molar-refractivity contribution is 5.99. The highest BCUT2D eigenvalue weighted by Crippen LogP contribution is 2.22. The summed E-state index contributed by atoms with van der Waals surface area (Å²) in [5, 5.41) is 2.92.